The van der Waals surface area contributed by atoms with E-state index >= 15 is 0 Å². The summed E-state index contributed by atoms with van der Waals surface area (Å²) in [7, 11) is 0. The minimum atomic E-state index is 1.11. The van der Waals surface area contributed by atoms with Gasteiger partial charge in [0.15, 0.2) is 0 Å². The molecule has 0 aliphatic heterocycles. The summed E-state index contributed by atoms with van der Waals surface area (Å²) in [6, 6.07) is 41.6. The van der Waals surface area contributed by atoms with E-state index in [0.717, 1.165) is 17.3 Å². The molecular weight excluding hydrogens is 632 g/mol. The van der Waals surface area contributed by atoms with Crippen LogP contribution >= 0.6 is 15.9 Å². The highest BCUT2D eigenvalue weighted by Gasteiger charge is 2.14. The molecule has 0 bridgehead atoms. The van der Waals surface area contributed by atoms with Crippen LogP contribution in [0.4, 0.5) is 0 Å². The molecule has 0 saturated heterocycles. The number of rotatable bonds is 17. The predicted octanol–water partition coefficient (Wildman–Crippen LogP) is 14.7. The second kappa shape index (κ2) is 18.2. The minimum absolute atomic E-state index is 1.11. The Bertz CT molecular complexity index is 1640. The van der Waals surface area contributed by atoms with Crippen molar-refractivity contribution in [3.63, 3.8) is 0 Å². The molecule has 0 atom stereocenters. The number of hydrogen-bond acceptors (Lipinski definition) is 0. The summed E-state index contributed by atoms with van der Waals surface area (Å²) in [4.78, 5) is 0. The molecule has 0 heterocycles. The van der Waals surface area contributed by atoms with Crippen molar-refractivity contribution in [2.75, 3.05) is 0 Å². The molecule has 47 heavy (non-hydrogen) atoms. The molecule has 0 unspecified atom stereocenters. The van der Waals surface area contributed by atoms with Gasteiger partial charge in [-0.3, -0.25) is 0 Å². The standard InChI is InChI=1S/C46H53Br/c1-4-7-10-12-15-42-34-46(41-27-23-38(24-28-41)39-29-31-44(47)32-30-39)43(16-13-11-8-5-2)33-45(42)40-25-21-37(22-26-40)36-19-17-35(18-20-36)14-9-6-3/h17-34H,4-16H2,1-3H3. The van der Waals surface area contributed by atoms with Crippen molar-refractivity contribution in [2.24, 2.45) is 0 Å². The summed E-state index contributed by atoms with van der Waals surface area (Å²) in [6.07, 6.45) is 16.1. The maximum Gasteiger partial charge on any atom is 0.0175 e. The Morgan fingerprint density at radius 3 is 1.13 bits per heavy atom. The third-order valence-corrected chi connectivity index (χ3v) is 10.1. The highest BCUT2D eigenvalue weighted by Crippen LogP contribution is 2.36. The fourth-order valence-electron chi connectivity index (χ4n) is 6.70. The Labute approximate surface area is 293 Å². The van der Waals surface area contributed by atoms with E-state index in [2.05, 4.69) is 146 Å². The van der Waals surface area contributed by atoms with Crippen molar-refractivity contribution < 1.29 is 0 Å². The maximum atomic E-state index is 3.58. The maximum absolute atomic E-state index is 3.58. The van der Waals surface area contributed by atoms with E-state index in [1.54, 1.807) is 0 Å². The van der Waals surface area contributed by atoms with Crippen LogP contribution in [-0.4, -0.2) is 0 Å². The van der Waals surface area contributed by atoms with Crippen LogP contribution in [-0.2, 0) is 19.3 Å². The molecule has 5 aromatic carbocycles. The first-order valence-corrected chi connectivity index (χ1v) is 19.1. The van der Waals surface area contributed by atoms with Crippen molar-refractivity contribution in [3.8, 4) is 44.5 Å². The van der Waals surface area contributed by atoms with Gasteiger partial charge in [-0.25, -0.2) is 0 Å². The van der Waals surface area contributed by atoms with Crippen molar-refractivity contribution in [1.82, 2.24) is 0 Å². The Hall–Kier alpha value is -3.42. The lowest BCUT2D eigenvalue weighted by Gasteiger charge is -2.18. The fraction of sp³-hybridized carbons (Fsp3) is 0.348. The molecule has 0 aromatic heterocycles. The second-order valence-corrected chi connectivity index (χ2v) is 14.2. The zero-order chi connectivity index (χ0) is 32.8. The van der Waals surface area contributed by atoms with Gasteiger partial charge >= 0.3 is 0 Å². The molecule has 0 aliphatic carbocycles. The average Bonchev–Trinajstić information content (AvgIpc) is 3.12. The molecule has 0 amide bonds. The van der Waals surface area contributed by atoms with Crippen molar-refractivity contribution in [2.45, 2.75) is 104 Å². The van der Waals surface area contributed by atoms with Crippen LogP contribution in [0.1, 0.15) is 102 Å². The van der Waals surface area contributed by atoms with E-state index in [4.69, 9.17) is 0 Å². The van der Waals surface area contributed by atoms with Gasteiger partial charge in [-0.1, -0.05) is 179 Å². The highest BCUT2D eigenvalue weighted by atomic mass is 79.9. The van der Waals surface area contributed by atoms with Crippen LogP contribution in [0.2, 0.25) is 0 Å². The van der Waals surface area contributed by atoms with Gasteiger partial charge < -0.3 is 0 Å². The van der Waals surface area contributed by atoms with E-state index in [1.807, 2.05) is 0 Å². The minimum Gasteiger partial charge on any atom is -0.0654 e. The molecular formula is C46H53Br. The summed E-state index contributed by atoms with van der Waals surface area (Å²) < 4.78 is 1.11. The van der Waals surface area contributed by atoms with Crippen LogP contribution in [0.5, 0.6) is 0 Å². The molecule has 0 saturated carbocycles. The SMILES string of the molecule is CCCCCCc1cc(-c2ccc(-c3ccc(CCCC)cc3)cc2)c(CCCCCC)cc1-c1ccc(-c2ccc(Br)cc2)cc1. The number of aryl methyl sites for hydroxylation is 3. The van der Waals surface area contributed by atoms with Crippen LogP contribution in [0.15, 0.2) is 114 Å². The zero-order valence-electron chi connectivity index (χ0n) is 29.0. The van der Waals surface area contributed by atoms with Crippen LogP contribution < -0.4 is 0 Å². The molecule has 0 spiro atoms. The summed E-state index contributed by atoms with van der Waals surface area (Å²) in [5.41, 5.74) is 15.0. The van der Waals surface area contributed by atoms with Gasteiger partial charge in [0.05, 0.1) is 0 Å². The third-order valence-electron chi connectivity index (χ3n) is 9.60. The summed E-state index contributed by atoms with van der Waals surface area (Å²) in [5, 5.41) is 0. The Morgan fingerprint density at radius 2 is 0.723 bits per heavy atom. The number of unbranched alkanes of at least 4 members (excludes halogenated alkanes) is 7. The average molecular weight is 686 g/mol. The predicted molar refractivity (Wildman–Crippen MR) is 210 cm³/mol. The van der Waals surface area contributed by atoms with Crippen LogP contribution in [0.25, 0.3) is 44.5 Å². The molecule has 0 nitrogen and oxygen atoms in total. The highest BCUT2D eigenvalue weighted by molar-refractivity contribution is 9.10. The largest absolute Gasteiger partial charge is 0.0654 e. The van der Waals surface area contributed by atoms with Crippen LogP contribution in [0.3, 0.4) is 0 Å². The van der Waals surface area contributed by atoms with E-state index in [0.29, 0.717) is 0 Å². The number of hydrogen-bond donors (Lipinski definition) is 0. The van der Waals surface area contributed by atoms with E-state index in [-0.39, 0.29) is 0 Å². The van der Waals surface area contributed by atoms with Crippen molar-refractivity contribution in [3.05, 3.63) is 130 Å². The quantitative estimate of drug-likeness (QED) is 0.0855. The molecule has 0 fully saturated rings. The smallest absolute Gasteiger partial charge is 0.0175 e. The van der Waals surface area contributed by atoms with E-state index in [1.165, 1.54) is 132 Å². The lowest BCUT2D eigenvalue weighted by Crippen LogP contribution is -1.99. The summed E-state index contributed by atoms with van der Waals surface area (Å²) >= 11 is 3.58. The molecule has 244 valence electrons. The number of benzene rings is 5. The van der Waals surface area contributed by atoms with Crippen LogP contribution in [0, 0.1) is 0 Å². The molecule has 0 N–H and O–H groups in total. The molecule has 1 heteroatoms. The summed E-state index contributed by atoms with van der Waals surface area (Å²) in [5.74, 6) is 0. The normalized spacial score (nSPS) is 11.2. The van der Waals surface area contributed by atoms with Gasteiger partial charge in [-0.2, -0.15) is 0 Å². The van der Waals surface area contributed by atoms with Gasteiger partial charge in [-0.15, -0.1) is 0 Å². The first-order valence-electron chi connectivity index (χ1n) is 18.3. The summed E-state index contributed by atoms with van der Waals surface area (Å²) in [6.45, 7) is 6.86. The zero-order valence-corrected chi connectivity index (χ0v) is 30.5. The lowest BCUT2D eigenvalue weighted by molar-refractivity contribution is 0.664. The molecule has 0 radical (unpaired) electrons. The second-order valence-electron chi connectivity index (χ2n) is 13.2. The first kappa shape index (κ1) is 34.9. The van der Waals surface area contributed by atoms with Crippen molar-refractivity contribution >= 4 is 15.9 Å². The first-order chi connectivity index (χ1) is 23.1. The Kier molecular flexibility index (Phi) is 13.5. The Morgan fingerprint density at radius 1 is 0.362 bits per heavy atom. The monoisotopic (exact) mass is 684 g/mol. The van der Waals surface area contributed by atoms with E-state index in [9.17, 15) is 0 Å². The molecule has 5 aromatic rings. The van der Waals surface area contributed by atoms with Gasteiger partial charge in [-0.05, 0) is 112 Å². The topological polar surface area (TPSA) is 0 Å². The molecule has 5 rings (SSSR count). The van der Waals surface area contributed by atoms with Gasteiger partial charge in [0.2, 0.25) is 0 Å². The van der Waals surface area contributed by atoms with Gasteiger partial charge in [0.1, 0.15) is 0 Å². The third kappa shape index (κ3) is 9.80. The lowest BCUT2D eigenvalue weighted by atomic mass is 9.86. The van der Waals surface area contributed by atoms with Gasteiger partial charge in [0.25, 0.3) is 0 Å². The van der Waals surface area contributed by atoms with Crippen molar-refractivity contribution in [1.29, 1.82) is 0 Å². The van der Waals surface area contributed by atoms with E-state index < -0.39 is 0 Å². The number of halogens is 1. The van der Waals surface area contributed by atoms with Gasteiger partial charge in [0, 0.05) is 4.47 Å². The Balaban J connectivity index is 1.49. The molecule has 0 aliphatic rings. The fourth-order valence-corrected chi connectivity index (χ4v) is 6.96.